The lowest BCUT2D eigenvalue weighted by atomic mass is 10.3. The minimum absolute atomic E-state index is 0.00146. The summed E-state index contributed by atoms with van der Waals surface area (Å²) >= 11 is 4.37. The summed E-state index contributed by atoms with van der Waals surface area (Å²) in [6.07, 6.45) is 1.53. The Labute approximate surface area is 93.5 Å². The van der Waals surface area contributed by atoms with Gasteiger partial charge < -0.3 is 10.2 Å². The van der Waals surface area contributed by atoms with Crippen LogP contribution >= 0.6 is 27.7 Å². The smallest absolute Gasteiger partial charge is 0.338 e. The molecule has 0 aromatic carbocycles. The van der Waals surface area contributed by atoms with Crippen LogP contribution in [-0.2, 0) is 0 Å². The molecule has 14 heavy (non-hydrogen) atoms. The SMILES string of the molecule is O=C(O)c1cc(Br)cnc1SCCO. The molecule has 1 aromatic rings. The second kappa shape index (κ2) is 5.33. The fraction of sp³-hybridized carbons (Fsp3) is 0.250. The maximum atomic E-state index is 10.8. The predicted molar refractivity (Wildman–Crippen MR) is 56.7 cm³/mol. The van der Waals surface area contributed by atoms with E-state index in [-0.39, 0.29) is 12.2 Å². The largest absolute Gasteiger partial charge is 0.478 e. The number of nitrogens with zero attached hydrogens (tertiary/aromatic N) is 1. The van der Waals surface area contributed by atoms with Crippen LogP contribution in [0.1, 0.15) is 10.4 Å². The first-order chi connectivity index (χ1) is 6.65. The number of aliphatic hydroxyl groups excluding tert-OH is 1. The normalized spacial score (nSPS) is 10.1. The molecule has 76 valence electrons. The fourth-order valence-electron chi connectivity index (χ4n) is 0.837. The molecule has 0 saturated carbocycles. The van der Waals surface area contributed by atoms with Crippen molar-refractivity contribution in [3.05, 3.63) is 22.3 Å². The van der Waals surface area contributed by atoms with Crippen LogP contribution < -0.4 is 0 Å². The Morgan fingerprint density at radius 3 is 2.93 bits per heavy atom. The number of aromatic nitrogens is 1. The topological polar surface area (TPSA) is 70.4 Å². The highest BCUT2D eigenvalue weighted by molar-refractivity contribution is 9.10. The molecule has 0 aliphatic carbocycles. The second-order valence-electron chi connectivity index (χ2n) is 2.38. The molecule has 0 amide bonds. The third kappa shape index (κ3) is 2.97. The third-order valence-corrected chi connectivity index (χ3v) is 2.80. The molecule has 0 saturated heterocycles. The summed E-state index contributed by atoms with van der Waals surface area (Å²) in [4.78, 5) is 14.8. The van der Waals surface area contributed by atoms with Crippen molar-refractivity contribution in [2.75, 3.05) is 12.4 Å². The van der Waals surface area contributed by atoms with E-state index in [1.165, 1.54) is 24.0 Å². The number of hydrogen-bond donors (Lipinski definition) is 2. The van der Waals surface area contributed by atoms with Gasteiger partial charge in [0.05, 0.1) is 12.2 Å². The summed E-state index contributed by atoms with van der Waals surface area (Å²) in [5.41, 5.74) is 0.151. The van der Waals surface area contributed by atoms with E-state index in [1.807, 2.05) is 0 Å². The fourth-order valence-corrected chi connectivity index (χ4v) is 1.88. The maximum absolute atomic E-state index is 10.8. The zero-order valence-corrected chi connectivity index (χ0v) is 9.51. The Morgan fingerprint density at radius 1 is 1.64 bits per heavy atom. The van der Waals surface area contributed by atoms with Crippen molar-refractivity contribution in [1.82, 2.24) is 4.98 Å². The van der Waals surface area contributed by atoms with Crippen molar-refractivity contribution in [2.24, 2.45) is 0 Å². The molecule has 0 bridgehead atoms. The number of carbonyl (C=O) groups is 1. The molecule has 0 spiro atoms. The number of carboxylic acids is 1. The molecule has 0 aliphatic heterocycles. The molecule has 1 heterocycles. The Bertz CT molecular complexity index is 345. The quantitative estimate of drug-likeness (QED) is 0.819. The molecular formula is C8H8BrNO3S. The maximum Gasteiger partial charge on any atom is 0.338 e. The van der Waals surface area contributed by atoms with E-state index in [1.54, 1.807) is 0 Å². The van der Waals surface area contributed by atoms with Gasteiger partial charge in [0.1, 0.15) is 5.03 Å². The van der Waals surface area contributed by atoms with Crippen molar-refractivity contribution in [3.63, 3.8) is 0 Å². The average Bonchev–Trinajstić information content (AvgIpc) is 2.15. The molecule has 0 atom stereocenters. The predicted octanol–water partition coefficient (Wildman–Crippen LogP) is 1.63. The van der Waals surface area contributed by atoms with E-state index in [4.69, 9.17) is 10.2 Å². The highest BCUT2D eigenvalue weighted by Gasteiger charge is 2.11. The molecular weight excluding hydrogens is 270 g/mol. The summed E-state index contributed by atoms with van der Waals surface area (Å²) in [6, 6.07) is 1.50. The zero-order chi connectivity index (χ0) is 10.6. The first-order valence-electron chi connectivity index (χ1n) is 3.77. The van der Waals surface area contributed by atoms with Crippen LogP contribution in [0, 0.1) is 0 Å². The Hall–Kier alpha value is -0.590. The van der Waals surface area contributed by atoms with Crippen LogP contribution in [0.15, 0.2) is 21.8 Å². The lowest BCUT2D eigenvalue weighted by Crippen LogP contribution is -2.01. The molecule has 4 nitrogen and oxygen atoms in total. The Kier molecular flexibility index (Phi) is 4.37. The van der Waals surface area contributed by atoms with Crippen LogP contribution in [0.5, 0.6) is 0 Å². The van der Waals surface area contributed by atoms with Gasteiger partial charge in [-0.2, -0.15) is 0 Å². The van der Waals surface area contributed by atoms with Gasteiger partial charge in [-0.25, -0.2) is 9.78 Å². The Morgan fingerprint density at radius 2 is 2.36 bits per heavy atom. The minimum atomic E-state index is -1.01. The van der Waals surface area contributed by atoms with Gasteiger partial charge in [-0.05, 0) is 22.0 Å². The molecule has 0 fully saturated rings. The highest BCUT2D eigenvalue weighted by Crippen LogP contribution is 2.22. The third-order valence-electron chi connectivity index (χ3n) is 1.38. The van der Waals surface area contributed by atoms with Crippen molar-refractivity contribution in [1.29, 1.82) is 0 Å². The second-order valence-corrected chi connectivity index (χ2v) is 4.38. The molecule has 0 unspecified atom stereocenters. The number of carboxylic acid groups (broad SMARTS) is 1. The van der Waals surface area contributed by atoms with E-state index < -0.39 is 5.97 Å². The first-order valence-corrected chi connectivity index (χ1v) is 5.55. The summed E-state index contributed by atoms with van der Waals surface area (Å²) in [5.74, 6) is -0.575. The van der Waals surface area contributed by atoms with Gasteiger partial charge in [0.2, 0.25) is 0 Å². The van der Waals surface area contributed by atoms with Gasteiger partial charge in [0.15, 0.2) is 0 Å². The van der Waals surface area contributed by atoms with Crippen LogP contribution in [-0.4, -0.2) is 33.5 Å². The monoisotopic (exact) mass is 277 g/mol. The standard InChI is InChI=1S/C8H8BrNO3S/c9-5-3-6(8(12)13)7(10-4-5)14-2-1-11/h3-4,11H,1-2H2,(H,12,13). The summed E-state index contributed by atoms with van der Waals surface area (Å²) in [5, 5.41) is 17.9. The zero-order valence-electron chi connectivity index (χ0n) is 7.11. The average molecular weight is 278 g/mol. The van der Waals surface area contributed by atoms with E-state index in [2.05, 4.69) is 20.9 Å². The molecule has 6 heteroatoms. The lowest BCUT2D eigenvalue weighted by Gasteiger charge is -2.03. The van der Waals surface area contributed by atoms with E-state index in [0.29, 0.717) is 15.3 Å². The number of aromatic carboxylic acids is 1. The minimum Gasteiger partial charge on any atom is -0.478 e. The van der Waals surface area contributed by atoms with E-state index in [9.17, 15) is 4.79 Å². The molecule has 1 aromatic heterocycles. The van der Waals surface area contributed by atoms with Gasteiger partial charge in [0.25, 0.3) is 0 Å². The van der Waals surface area contributed by atoms with Crippen LogP contribution in [0.2, 0.25) is 0 Å². The number of aliphatic hydroxyl groups is 1. The molecule has 1 rings (SSSR count). The van der Waals surface area contributed by atoms with E-state index >= 15 is 0 Å². The molecule has 0 aliphatic rings. The van der Waals surface area contributed by atoms with Crippen molar-refractivity contribution in [2.45, 2.75) is 5.03 Å². The van der Waals surface area contributed by atoms with Crippen LogP contribution in [0.4, 0.5) is 0 Å². The van der Waals surface area contributed by atoms with Gasteiger partial charge in [-0.3, -0.25) is 0 Å². The van der Waals surface area contributed by atoms with Gasteiger partial charge in [0, 0.05) is 16.4 Å². The van der Waals surface area contributed by atoms with Gasteiger partial charge in [-0.1, -0.05) is 0 Å². The number of halogens is 1. The van der Waals surface area contributed by atoms with Crippen molar-refractivity contribution in [3.8, 4) is 0 Å². The highest BCUT2D eigenvalue weighted by atomic mass is 79.9. The van der Waals surface area contributed by atoms with E-state index in [0.717, 1.165) is 0 Å². The van der Waals surface area contributed by atoms with Gasteiger partial charge in [-0.15, -0.1) is 11.8 Å². The summed E-state index contributed by atoms with van der Waals surface area (Å²) < 4.78 is 0.628. The molecule has 0 radical (unpaired) electrons. The van der Waals surface area contributed by atoms with Crippen LogP contribution in [0.3, 0.4) is 0 Å². The summed E-state index contributed by atoms with van der Waals surface area (Å²) in [7, 11) is 0. The summed E-state index contributed by atoms with van der Waals surface area (Å²) in [6.45, 7) is 0.00146. The number of pyridine rings is 1. The van der Waals surface area contributed by atoms with Crippen LogP contribution in [0.25, 0.3) is 0 Å². The molecule has 2 N–H and O–H groups in total. The van der Waals surface area contributed by atoms with Crippen molar-refractivity contribution < 1.29 is 15.0 Å². The number of rotatable bonds is 4. The number of hydrogen-bond acceptors (Lipinski definition) is 4. The first kappa shape index (κ1) is 11.5. The Balaban J connectivity index is 2.96. The van der Waals surface area contributed by atoms with Gasteiger partial charge >= 0.3 is 5.97 Å². The number of thioether (sulfide) groups is 1. The van der Waals surface area contributed by atoms with Crippen molar-refractivity contribution >= 4 is 33.7 Å². The lowest BCUT2D eigenvalue weighted by molar-refractivity contribution is 0.0692.